The number of aryl methyl sites for hydroxylation is 1. The minimum atomic E-state index is -0.0607. The molecule has 2 aromatic heterocycles. The second-order valence-electron chi connectivity index (χ2n) is 4.73. The summed E-state index contributed by atoms with van der Waals surface area (Å²) in [5.41, 5.74) is 6.26. The van der Waals surface area contributed by atoms with Crippen molar-refractivity contribution in [3.63, 3.8) is 0 Å². The number of nitrogens with two attached hydrogens (primary N) is 1. The SMILES string of the molecule is Cc1cscc1C(NN)c1cncc(OC(C)C)c1. The lowest BCUT2D eigenvalue weighted by molar-refractivity contribution is 0.241. The van der Waals surface area contributed by atoms with Crippen LogP contribution in [0.3, 0.4) is 0 Å². The Kier molecular flexibility index (Phi) is 4.52. The molecule has 5 heteroatoms. The average Bonchev–Trinajstić information content (AvgIpc) is 2.77. The maximum atomic E-state index is 5.70. The van der Waals surface area contributed by atoms with Gasteiger partial charge in [-0.3, -0.25) is 10.8 Å². The third kappa shape index (κ3) is 3.32. The molecule has 0 aromatic carbocycles. The Labute approximate surface area is 117 Å². The Morgan fingerprint density at radius 2 is 2.11 bits per heavy atom. The predicted octanol–water partition coefficient (Wildman–Crippen LogP) is 2.79. The van der Waals surface area contributed by atoms with E-state index in [-0.39, 0.29) is 12.1 Å². The van der Waals surface area contributed by atoms with Crippen molar-refractivity contribution in [3.05, 3.63) is 45.9 Å². The van der Waals surface area contributed by atoms with E-state index in [0.29, 0.717) is 0 Å². The van der Waals surface area contributed by atoms with Crippen molar-refractivity contribution < 1.29 is 4.74 Å². The van der Waals surface area contributed by atoms with Gasteiger partial charge in [0.2, 0.25) is 0 Å². The Bertz CT molecular complexity index is 539. The van der Waals surface area contributed by atoms with E-state index in [0.717, 1.165) is 11.3 Å². The number of hydrogen-bond donors (Lipinski definition) is 2. The first-order valence-corrected chi connectivity index (χ1v) is 7.16. The van der Waals surface area contributed by atoms with Gasteiger partial charge in [-0.25, -0.2) is 5.43 Å². The zero-order valence-electron chi connectivity index (χ0n) is 11.4. The number of thiophene rings is 1. The van der Waals surface area contributed by atoms with Gasteiger partial charge in [0.25, 0.3) is 0 Å². The summed E-state index contributed by atoms with van der Waals surface area (Å²) in [4.78, 5) is 4.23. The van der Waals surface area contributed by atoms with Crippen LogP contribution in [0.1, 0.15) is 36.6 Å². The van der Waals surface area contributed by atoms with Gasteiger partial charge in [0, 0.05) is 6.20 Å². The highest BCUT2D eigenvalue weighted by Crippen LogP contribution is 2.28. The molecule has 0 saturated heterocycles. The quantitative estimate of drug-likeness (QED) is 0.651. The van der Waals surface area contributed by atoms with Crippen LogP contribution >= 0.6 is 11.3 Å². The van der Waals surface area contributed by atoms with E-state index in [2.05, 4.69) is 28.1 Å². The van der Waals surface area contributed by atoms with Crippen molar-refractivity contribution in [1.29, 1.82) is 0 Å². The maximum Gasteiger partial charge on any atom is 0.138 e. The Hall–Kier alpha value is -1.43. The summed E-state index contributed by atoms with van der Waals surface area (Å²) >= 11 is 1.67. The molecule has 0 amide bonds. The standard InChI is InChI=1S/C14H19N3OS/c1-9(2)18-12-4-11(5-16-6-12)14(17-15)13-8-19-7-10(13)3/h4-9,14,17H,15H2,1-3H3. The molecular formula is C14H19N3OS. The highest BCUT2D eigenvalue weighted by Gasteiger charge is 2.16. The number of rotatable bonds is 5. The third-order valence-electron chi connectivity index (χ3n) is 2.81. The first-order valence-electron chi connectivity index (χ1n) is 6.22. The van der Waals surface area contributed by atoms with Crippen molar-refractivity contribution in [2.45, 2.75) is 32.9 Å². The number of nitrogens with zero attached hydrogens (tertiary/aromatic N) is 1. The molecule has 2 aromatic rings. The lowest BCUT2D eigenvalue weighted by Gasteiger charge is -2.17. The summed E-state index contributed by atoms with van der Waals surface area (Å²) in [7, 11) is 0. The van der Waals surface area contributed by atoms with Gasteiger partial charge in [-0.15, -0.1) is 0 Å². The number of nitrogens with one attached hydrogen (secondary N) is 1. The molecule has 0 aliphatic heterocycles. The monoisotopic (exact) mass is 277 g/mol. The van der Waals surface area contributed by atoms with E-state index in [9.17, 15) is 0 Å². The largest absolute Gasteiger partial charge is 0.489 e. The molecule has 0 fully saturated rings. The van der Waals surface area contributed by atoms with Gasteiger partial charge in [0.05, 0.1) is 18.3 Å². The van der Waals surface area contributed by atoms with Crippen LogP contribution in [0, 0.1) is 6.92 Å². The highest BCUT2D eigenvalue weighted by atomic mass is 32.1. The van der Waals surface area contributed by atoms with Crippen molar-refractivity contribution in [3.8, 4) is 5.75 Å². The predicted molar refractivity (Wildman–Crippen MR) is 78.2 cm³/mol. The lowest BCUT2D eigenvalue weighted by Crippen LogP contribution is -2.29. The fourth-order valence-corrected chi connectivity index (χ4v) is 2.84. The molecule has 0 aliphatic carbocycles. The first kappa shape index (κ1) is 14.0. The zero-order chi connectivity index (χ0) is 13.8. The van der Waals surface area contributed by atoms with Crippen molar-refractivity contribution in [1.82, 2.24) is 10.4 Å². The summed E-state index contributed by atoms with van der Waals surface area (Å²) in [6.07, 6.45) is 3.66. The topological polar surface area (TPSA) is 60.2 Å². The van der Waals surface area contributed by atoms with Crippen LogP contribution in [0.2, 0.25) is 0 Å². The van der Waals surface area contributed by atoms with E-state index < -0.39 is 0 Å². The molecule has 19 heavy (non-hydrogen) atoms. The average molecular weight is 277 g/mol. The van der Waals surface area contributed by atoms with Crippen LogP contribution < -0.4 is 16.0 Å². The van der Waals surface area contributed by atoms with Gasteiger partial charge in [-0.2, -0.15) is 11.3 Å². The second kappa shape index (κ2) is 6.14. The highest BCUT2D eigenvalue weighted by molar-refractivity contribution is 7.08. The Balaban J connectivity index is 2.31. The van der Waals surface area contributed by atoms with E-state index >= 15 is 0 Å². The van der Waals surface area contributed by atoms with E-state index in [1.165, 1.54) is 11.1 Å². The number of hydrogen-bond acceptors (Lipinski definition) is 5. The minimum absolute atomic E-state index is 0.0607. The van der Waals surface area contributed by atoms with Crippen molar-refractivity contribution >= 4 is 11.3 Å². The Morgan fingerprint density at radius 3 is 2.68 bits per heavy atom. The van der Waals surface area contributed by atoms with Crippen LogP contribution in [-0.2, 0) is 0 Å². The summed E-state index contributed by atoms with van der Waals surface area (Å²) in [5, 5.41) is 4.22. The molecule has 0 saturated carbocycles. The summed E-state index contributed by atoms with van der Waals surface area (Å²) in [6, 6.07) is 1.92. The lowest BCUT2D eigenvalue weighted by atomic mass is 10.0. The second-order valence-corrected chi connectivity index (χ2v) is 5.47. The van der Waals surface area contributed by atoms with Gasteiger partial charge in [0.15, 0.2) is 0 Å². The fourth-order valence-electron chi connectivity index (χ4n) is 1.96. The number of ether oxygens (including phenoxy) is 1. The molecule has 0 spiro atoms. The maximum absolute atomic E-state index is 5.70. The Morgan fingerprint density at radius 1 is 1.32 bits per heavy atom. The van der Waals surface area contributed by atoms with Gasteiger partial charge < -0.3 is 4.74 Å². The van der Waals surface area contributed by atoms with Crippen LogP contribution in [0.4, 0.5) is 0 Å². The first-order chi connectivity index (χ1) is 9.11. The molecule has 1 unspecified atom stereocenters. The van der Waals surface area contributed by atoms with Gasteiger partial charge >= 0.3 is 0 Å². The minimum Gasteiger partial charge on any atom is -0.489 e. The summed E-state index contributed by atoms with van der Waals surface area (Å²) < 4.78 is 5.67. The molecule has 3 N–H and O–H groups in total. The molecule has 0 aliphatic rings. The normalized spacial score (nSPS) is 12.7. The van der Waals surface area contributed by atoms with Gasteiger partial charge in [-0.05, 0) is 54.3 Å². The molecule has 0 radical (unpaired) electrons. The van der Waals surface area contributed by atoms with Gasteiger partial charge in [-0.1, -0.05) is 0 Å². The number of pyridine rings is 1. The van der Waals surface area contributed by atoms with Crippen LogP contribution in [0.5, 0.6) is 5.75 Å². The summed E-state index contributed by atoms with van der Waals surface area (Å²) in [6.45, 7) is 6.07. The molecule has 2 rings (SSSR count). The third-order valence-corrected chi connectivity index (χ3v) is 3.69. The molecule has 4 nitrogen and oxygen atoms in total. The van der Waals surface area contributed by atoms with Crippen molar-refractivity contribution in [2.75, 3.05) is 0 Å². The van der Waals surface area contributed by atoms with Crippen LogP contribution in [0.15, 0.2) is 29.2 Å². The smallest absolute Gasteiger partial charge is 0.138 e. The summed E-state index contributed by atoms with van der Waals surface area (Å²) in [5.74, 6) is 6.47. The van der Waals surface area contributed by atoms with E-state index in [1.54, 1.807) is 17.5 Å². The van der Waals surface area contributed by atoms with Crippen LogP contribution in [-0.4, -0.2) is 11.1 Å². The van der Waals surface area contributed by atoms with Gasteiger partial charge in [0.1, 0.15) is 5.75 Å². The number of aromatic nitrogens is 1. The van der Waals surface area contributed by atoms with E-state index in [4.69, 9.17) is 10.6 Å². The molecule has 0 bridgehead atoms. The zero-order valence-corrected chi connectivity index (χ0v) is 12.2. The molecular weight excluding hydrogens is 258 g/mol. The molecule has 102 valence electrons. The molecule has 2 heterocycles. The fraction of sp³-hybridized carbons (Fsp3) is 0.357. The van der Waals surface area contributed by atoms with Crippen LogP contribution in [0.25, 0.3) is 0 Å². The number of hydrazine groups is 1. The van der Waals surface area contributed by atoms with E-state index in [1.807, 2.05) is 26.1 Å². The van der Waals surface area contributed by atoms with Crippen molar-refractivity contribution in [2.24, 2.45) is 5.84 Å². The molecule has 1 atom stereocenters.